The molecule has 1 aliphatic heterocycles. The largest absolute Gasteiger partial charge is 0.497 e. The van der Waals surface area contributed by atoms with Crippen LogP contribution in [0.1, 0.15) is 35.7 Å². The maximum absolute atomic E-state index is 12.9. The second-order valence-corrected chi connectivity index (χ2v) is 6.29. The molecule has 0 aromatic heterocycles. The molecular weight excluding hydrogens is 336 g/mol. The first kappa shape index (κ1) is 19.8. The molecule has 142 valence electrons. The number of ketones is 1. The van der Waals surface area contributed by atoms with E-state index in [0.29, 0.717) is 24.4 Å². The van der Waals surface area contributed by atoms with E-state index >= 15 is 0 Å². The van der Waals surface area contributed by atoms with Gasteiger partial charge < -0.3 is 19.7 Å². The van der Waals surface area contributed by atoms with Gasteiger partial charge in [0.25, 0.3) is 0 Å². The number of nitrogens with zero attached hydrogens (tertiary/aromatic N) is 1. The Bertz CT molecular complexity index is 674. The number of hydrogen-bond acceptors (Lipinski definition) is 5. The molecule has 0 spiro atoms. The molecule has 1 atom stereocenters. The van der Waals surface area contributed by atoms with Gasteiger partial charge in [-0.05, 0) is 50.5 Å². The molecule has 1 aromatic carbocycles. The van der Waals surface area contributed by atoms with E-state index in [-0.39, 0.29) is 30.9 Å². The van der Waals surface area contributed by atoms with Crippen LogP contribution in [0.2, 0.25) is 0 Å². The third-order valence-corrected chi connectivity index (χ3v) is 4.47. The second kappa shape index (κ2) is 9.22. The standard InChI is InChI=1S/C19H26N2O5/c1-4-26-17(22)11-20-19(24)21-9-5-6-14(12-21)18(23)16-8-7-15(25-3)10-13(16)2/h7-8,10,14H,4-6,9,11-12H2,1-3H3,(H,20,24). The average molecular weight is 362 g/mol. The summed E-state index contributed by atoms with van der Waals surface area (Å²) in [5.41, 5.74) is 1.52. The fraction of sp³-hybridized carbons (Fsp3) is 0.526. The number of urea groups is 1. The van der Waals surface area contributed by atoms with Crippen molar-refractivity contribution in [3.05, 3.63) is 29.3 Å². The molecule has 1 unspecified atom stereocenters. The summed E-state index contributed by atoms with van der Waals surface area (Å²) >= 11 is 0. The number of methoxy groups -OCH3 is 1. The van der Waals surface area contributed by atoms with Gasteiger partial charge in [0.2, 0.25) is 0 Å². The number of likely N-dealkylation sites (tertiary alicyclic amines) is 1. The minimum absolute atomic E-state index is 0.0352. The van der Waals surface area contributed by atoms with Crippen LogP contribution in [0.3, 0.4) is 0 Å². The molecular formula is C19H26N2O5. The van der Waals surface area contributed by atoms with E-state index in [1.54, 1.807) is 31.1 Å². The van der Waals surface area contributed by atoms with Crippen molar-refractivity contribution in [2.45, 2.75) is 26.7 Å². The number of ether oxygens (including phenoxy) is 2. The first-order valence-corrected chi connectivity index (χ1v) is 8.83. The van der Waals surface area contributed by atoms with Gasteiger partial charge in [-0.2, -0.15) is 0 Å². The van der Waals surface area contributed by atoms with Crippen LogP contribution >= 0.6 is 0 Å². The van der Waals surface area contributed by atoms with E-state index < -0.39 is 5.97 Å². The maximum Gasteiger partial charge on any atom is 0.325 e. The van der Waals surface area contributed by atoms with E-state index in [0.717, 1.165) is 18.4 Å². The van der Waals surface area contributed by atoms with Gasteiger partial charge in [0.1, 0.15) is 12.3 Å². The Labute approximate surface area is 153 Å². The van der Waals surface area contributed by atoms with Crippen molar-refractivity contribution in [2.24, 2.45) is 5.92 Å². The number of Topliss-reactive ketones (excluding diaryl/α,β-unsaturated/α-hetero) is 1. The van der Waals surface area contributed by atoms with Crippen molar-refractivity contribution in [1.82, 2.24) is 10.2 Å². The van der Waals surface area contributed by atoms with Crippen LogP contribution in [-0.4, -0.2) is 56.0 Å². The lowest BCUT2D eigenvalue weighted by molar-refractivity contribution is -0.141. The Balaban J connectivity index is 1.97. The second-order valence-electron chi connectivity index (χ2n) is 6.29. The van der Waals surface area contributed by atoms with Gasteiger partial charge in [-0.1, -0.05) is 0 Å². The highest BCUT2D eigenvalue weighted by atomic mass is 16.5. The van der Waals surface area contributed by atoms with Crippen LogP contribution in [0, 0.1) is 12.8 Å². The van der Waals surface area contributed by atoms with E-state index in [1.807, 2.05) is 13.0 Å². The molecule has 0 radical (unpaired) electrons. The third-order valence-electron chi connectivity index (χ3n) is 4.47. The molecule has 1 fully saturated rings. The molecule has 0 aliphatic carbocycles. The van der Waals surface area contributed by atoms with Gasteiger partial charge in [-0.15, -0.1) is 0 Å². The Morgan fingerprint density at radius 3 is 2.73 bits per heavy atom. The predicted octanol–water partition coefficient (Wildman–Crippen LogP) is 2.17. The van der Waals surface area contributed by atoms with Crippen molar-refractivity contribution in [3.63, 3.8) is 0 Å². The van der Waals surface area contributed by atoms with Crippen LogP contribution in [0.25, 0.3) is 0 Å². The third kappa shape index (κ3) is 4.97. The first-order valence-electron chi connectivity index (χ1n) is 8.83. The maximum atomic E-state index is 12.9. The number of aryl methyl sites for hydroxylation is 1. The molecule has 1 saturated heterocycles. The summed E-state index contributed by atoms with van der Waals surface area (Å²) in [5.74, 6) is 0.0271. The van der Waals surface area contributed by atoms with Gasteiger partial charge in [0.05, 0.1) is 13.7 Å². The fourth-order valence-corrected chi connectivity index (χ4v) is 3.11. The quantitative estimate of drug-likeness (QED) is 0.619. The molecule has 0 bridgehead atoms. The Kier molecular flexibility index (Phi) is 7.00. The zero-order chi connectivity index (χ0) is 19.1. The van der Waals surface area contributed by atoms with Gasteiger partial charge in [0.15, 0.2) is 5.78 Å². The highest BCUT2D eigenvalue weighted by Gasteiger charge is 2.29. The number of esters is 1. The number of carbonyl (C=O) groups is 3. The molecule has 1 aromatic rings. The lowest BCUT2D eigenvalue weighted by Crippen LogP contribution is -2.48. The van der Waals surface area contributed by atoms with Crippen molar-refractivity contribution < 1.29 is 23.9 Å². The van der Waals surface area contributed by atoms with Crippen LogP contribution in [0.4, 0.5) is 4.79 Å². The van der Waals surface area contributed by atoms with E-state index in [9.17, 15) is 14.4 Å². The number of carbonyl (C=O) groups excluding carboxylic acids is 3. The van der Waals surface area contributed by atoms with Crippen LogP contribution in [0.15, 0.2) is 18.2 Å². The van der Waals surface area contributed by atoms with Crippen LogP contribution < -0.4 is 10.1 Å². The first-order chi connectivity index (χ1) is 12.5. The monoisotopic (exact) mass is 362 g/mol. The lowest BCUT2D eigenvalue weighted by Gasteiger charge is -2.32. The smallest absolute Gasteiger partial charge is 0.325 e. The Morgan fingerprint density at radius 2 is 2.08 bits per heavy atom. The number of nitrogens with one attached hydrogen (secondary N) is 1. The molecule has 1 aliphatic rings. The normalized spacial score (nSPS) is 16.7. The lowest BCUT2D eigenvalue weighted by atomic mass is 9.88. The SMILES string of the molecule is CCOC(=O)CNC(=O)N1CCCC(C(=O)c2ccc(OC)cc2C)C1. The summed E-state index contributed by atoms with van der Waals surface area (Å²) in [5, 5.41) is 2.55. The number of piperidine rings is 1. The molecule has 7 nitrogen and oxygen atoms in total. The topological polar surface area (TPSA) is 84.9 Å². The molecule has 2 rings (SSSR count). The van der Waals surface area contributed by atoms with Crippen LogP contribution in [-0.2, 0) is 9.53 Å². The summed E-state index contributed by atoms with van der Waals surface area (Å²) in [6.45, 7) is 4.61. The minimum Gasteiger partial charge on any atom is -0.497 e. The number of amides is 2. The van der Waals surface area contributed by atoms with Crippen molar-refractivity contribution in [2.75, 3.05) is 33.4 Å². The summed E-state index contributed by atoms with van der Waals surface area (Å²) < 4.78 is 9.97. The highest BCUT2D eigenvalue weighted by molar-refractivity contribution is 5.99. The van der Waals surface area contributed by atoms with Crippen molar-refractivity contribution in [3.8, 4) is 5.75 Å². The molecule has 7 heteroatoms. The van der Waals surface area contributed by atoms with E-state index in [1.165, 1.54) is 0 Å². The zero-order valence-corrected chi connectivity index (χ0v) is 15.5. The van der Waals surface area contributed by atoms with Crippen LogP contribution in [0.5, 0.6) is 5.75 Å². The van der Waals surface area contributed by atoms with Crippen molar-refractivity contribution in [1.29, 1.82) is 0 Å². The highest BCUT2D eigenvalue weighted by Crippen LogP contribution is 2.24. The zero-order valence-electron chi connectivity index (χ0n) is 15.5. The van der Waals surface area contributed by atoms with Gasteiger partial charge in [-0.3, -0.25) is 9.59 Å². The van der Waals surface area contributed by atoms with E-state index in [2.05, 4.69) is 5.32 Å². The summed E-state index contributed by atoms with van der Waals surface area (Å²) in [6.07, 6.45) is 1.49. The summed E-state index contributed by atoms with van der Waals surface area (Å²) in [6, 6.07) is 5.03. The molecule has 1 heterocycles. The number of benzene rings is 1. The van der Waals surface area contributed by atoms with Gasteiger partial charge >= 0.3 is 12.0 Å². The molecule has 2 amide bonds. The minimum atomic E-state index is -0.473. The number of hydrogen-bond donors (Lipinski definition) is 1. The summed E-state index contributed by atoms with van der Waals surface area (Å²) in [7, 11) is 1.59. The van der Waals surface area contributed by atoms with Gasteiger partial charge in [0, 0.05) is 24.6 Å². The predicted molar refractivity (Wildman–Crippen MR) is 96.4 cm³/mol. The van der Waals surface area contributed by atoms with Crippen molar-refractivity contribution >= 4 is 17.8 Å². The Morgan fingerprint density at radius 1 is 1.31 bits per heavy atom. The Hall–Kier alpha value is -2.57. The van der Waals surface area contributed by atoms with Gasteiger partial charge in [-0.25, -0.2) is 4.79 Å². The van der Waals surface area contributed by atoms with E-state index in [4.69, 9.17) is 9.47 Å². The summed E-state index contributed by atoms with van der Waals surface area (Å²) in [4.78, 5) is 38.1. The fourth-order valence-electron chi connectivity index (χ4n) is 3.11. The number of rotatable bonds is 6. The molecule has 26 heavy (non-hydrogen) atoms. The molecule has 0 saturated carbocycles. The average Bonchev–Trinajstić information content (AvgIpc) is 2.65. The molecule has 1 N–H and O–H groups in total.